The quantitative estimate of drug-likeness (QED) is 0.491. The number of ether oxygens (including phenoxy) is 1. The zero-order valence-corrected chi connectivity index (χ0v) is 20.9. The molecule has 3 atom stereocenters. The van der Waals surface area contributed by atoms with Crippen LogP contribution in [-0.4, -0.2) is 47.5 Å². The topological polar surface area (TPSA) is 92.5 Å². The van der Waals surface area contributed by atoms with E-state index in [0.717, 1.165) is 68.4 Å². The van der Waals surface area contributed by atoms with E-state index in [1.54, 1.807) is 6.92 Å². The maximum absolute atomic E-state index is 12.8. The molecule has 1 amide bonds. The van der Waals surface area contributed by atoms with Gasteiger partial charge >= 0.3 is 6.09 Å². The van der Waals surface area contributed by atoms with Gasteiger partial charge in [0.05, 0.1) is 6.04 Å². The molecular formula is C28H35N5O3. The standard InChI is InChI=1S/C28H35N5O3/c1-20-31-32-27(36-20)22-13-15-23(16-14-22)33(24-10-7-17-29-18-24)26-12-6-5-11-25(26)30-28(34)35-19-21-8-3-2-4-9-21/h2-4,8-9,13-16,24-26,29H,5-7,10-12,17-19H2,1H3,(H,30,34)/t24-,25+,26+/m0/s1. The minimum atomic E-state index is -0.348. The third kappa shape index (κ3) is 5.87. The Balaban J connectivity index is 1.34. The molecule has 1 aliphatic heterocycles. The lowest BCUT2D eigenvalue weighted by molar-refractivity contribution is 0.130. The smallest absolute Gasteiger partial charge is 0.407 e. The van der Waals surface area contributed by atoms with Crippen LogP contribution in [0.3, 0.4) is 0 Å². The molecule has 0 spiro atoms. The van der Waals surface area contributed by atoms with Crippen molar-refractivity contribution in [2.45, 2.75) is 70.2 Å². The number of carbonyl (C=O) groups is 1. The summed E-state index contributed by atoms with van der Waals surface area (Å²) < 4.78 is 11.2. The van der Waals surface area contributed by atoms with Gasteiger partial charge in [-0.15, -0.1) is 10.2 Å². The Kier molecular flexibility index (Phi) is 7.81. The van der Waals surface area contributed by atoms with Crippen molar-refractivity contribution in [3.05, 3.63) is 66.1 Å². The number of aromatic nitrogens is 2. The van der Waals surface area contributed by atoms with Crippen molar-refractivity contribution < 1.29 is 13.9 Å². The van der Waals surface area contributed by atoms with Crippen LogP contribution in [-0.2, 0) is 11.3 Å². The Hall–Kier alpha value is -3.39. The van der Waals surface area contributed by atoms with Crippen molar-refractivity contribution in [1.29, 1.82) is 0 Å². The molecule has 2 fully saturated rings. The zero-order valence-electron chi connectivity index (χ0n) is 20.9. The second-order valence-electron chi connectivity index (χ2n) is 9.74. The minimum absolute atomic E-state index is 0.0298. The molecule has 2 aliphatic rings. The Labute approximate surface area is 212 Å². The van der Waals surface area contributed by atoms with Gasteiger partial charge in [-0.3, -0.25) is 0 Å². The van der Waals surface area contributed by atoms with Crippen LogP contribution in [0, 0.1) is 6.92 Å². The van der Waals surface area contributed by atoms with Crippen LogP contribution in [0.2, 0.25) is 0 Å². The highest BCUT2D eigenvalue weighted by atomic mass is 16.5. The molecule has 1 aliphatic carbocycles. The molecule has 3 aromatic rings. The van der Waals surface area contributed by atoms with Gasteiger partial charge in [-0.2, -0.15) is 0 Å². The van der Waals surface area contributed by atoms with Gasteiger partial charge in [0, 0.05) is 36.8 Å². The van der Waals surface area contributed by atoms with Crippen LogP contribution in [0.4, 0.5) is 10.5 Å². The first-order valence-electron chi connectivity index (χ1n) is 13.0. The molecule has 8 heteroatoms. The second kappa shape index (κ2) is 11.6. The van der Waals surface area contributed by atoms with E-state index in [-0.39, 0.29) is 24.8 Å². The summed E-state index contributed by atoms with van der Waals surface area (Å²) in [5.74, 6) is 1.09. The fraction of sp³-hybridized carbons (Fsp3) is 0.464. The molecule has 1 aromatic heterocycles. The number of nitrogens with one attached hydrogen (secondary N) is 2. The minimum Gasteiger partial charge on any atom is -0.445 e. The Morgan fingerprint density at radius 2 is 1.86 bits per heavy atom. The number of alkyl carbamates (subject to hydrolysis) is 1. The van der Waals surface area contributed by atoms with E-state index in [4.69, 9.17) is 9.15 Å². The van der Waals surface area contributed by atoms with E-state index in [1.165, 1.54) is 0 Å². The van der Waals surface area contributed by atoms with Crippen LogP contribution < -0.4 is 15.5 Å². The highest BCUT2D eigenvalue weighted by Crippen LogP contribution is 2.33. The summed E-state index contributed by atoms with van der Waals surface area (Å²) in [5.41, 5.74) is 3.04. The number of anilines is 1. The maximum atomic E-state index is 12.8. The maximum Gasteiger partial charge on any atom is 0.407 e. The number of aryl methyl sites for hydroxylation is 1. The lowest BCUT2D eigenvalue weighted by Crippen LogP contribution is -2.59. The second-order valence-corrected chi connectivity index (χ2v) is 9.74. The molecule has 1 saturated heterocycles. The van der Waals surface area contributed by atoms with Gasteiger partial charge in [-0.1, -0.05) is 43.2 Å². The van der Waals surface area contributed by atoms with Gasteiger partial charge < -0.3 is 24.7 Å². The molecule has 2 N–H and O–H groups in total. The van der Waals surface area contributed by atoms with Crippen molar-refractivity contribution in [3.63, 3.8) is 0 Å². The van der Waals surface area contributed by atoms with E-state index >= 15 is 0 Å². The largest absolute Gasteiger partial charge is 0.445 e. The van der Waals surface area contributed by atoms with E-state index < -0.39 is 0 Å². The molecule has 2 aromatic carbocycles. The number of benzene rings is 2. The molecule has 8 nitrogen and oxygen atoms in total. The van der Waals surface area contributed by atoms with Crippen molar-refractivity contribution >= 4 is 11.8 Å². The third-order valence-corrected chi connectivity index (χ3v) is 7.21. The fourth-order valence-corrected chi connectivity index (χ4v) is 5.46. The Bertz CT molecular complexity index is 1110. The summed E-state index contributed by atoms with van der Waals surface area (Å²) in [5, 5.41) is 14.9. The van der Waals surface area contributed by atoms with Gasteiger partial charge in [0.25, 0.3) is 0 Å². The van der Waals surface area contributed by atoms with Crippen LogP contribution in [0.5, 0.6) is 0 Å². The van der Waals surface area contributed by atoms with E-state index in [9.17, 15) is 4.79 Å². The van der Waals surface area contributed by atoms with E-state index in [1.807, 2.05) is 42.5 Å². The average molecular weight is 490 g/mol. The predicted octanol–water partition coefficient (Wildman–Crippen LogP) is 4.84. The Morgan fingerprint density at radius 3 is 2.58 bits per heavy atom. The highest BCUT2D eigenvalue weighted by Gasteiger charge is 2.36. The summed E-state index contributed by atoms with van der Waals surface area (Å²) >= 11 is 0. The summed E-state index contributed by atoms with van der Waals surface area (Å²) in [7, 11) is 0. The van der Waals surface area contributed by atoms with Crippen LogP contribution in [0.1, 0.15) is 50.0 Å². The number of nitrogens with zero attached hydrogens (tertiary/aromatic N) is 3. The average Bonchev–Trinajstić information content (AvgIpc) is 3.36. The summed E-state index contributed by atoms with van der Waals surface area (Å²) in [6.07, 6.45) is 6.15. The van der Waals surface area contributed by atoms with Gasteiger partial charge in [0.2, 0.25) is 11.8 Å². The SMILES string of the molecule is Cc1nnc(-c2ccc(N([C@H]3CCCNC3)[C@@H]3CCCC[C@H]3NC(=O)OCc3ccccc3)cc2)o1. The number of piperidine rings is 1. The van der Waals surface area contributed by atoms with Crippen molar-refractivity contribution in [2.24, 2.45) is 0 Å². The molecule has 1 saturated carbocycles. The summed E-state index contributed by atoms with van der Waals surface area (Å²) in [6, 6.07) is 18.8. The number of carbonyl (C=O) groups excluding carboxylic acids is 1. The van der Waals surface area contributed by atoms with Crippen molar-refractivity contribution in [1.82, 2.24) is 20.8 Å². The fourth-order valence-electron chi connectivity index (χ4n) is 5.46. The lowest BCUT2D eigenvalue weighted by Gasteiger charge is -2.46. The van der Waals surface area contributed by atoms with Gasteiger partial charge in [-0.05, 0) is 62.1 Å². The zero-order chi connectivity index (χ0) is 24.7. The number of rotatable bonds is 7. The molecule has 5 rings (SSSR count). The monoisotopic (exact) mass is 489 g/mol. The normalized spacial score (nSPS) is 22.1. The third-order valence-electron chi connectivity index (χ3n) is 7.21. The molecular weight excluding hydrogens is 454 g/mol. The molecule has 0 unspecified atom stereocenters. The van der Waals surface area contributed by atoms with Crippen LogP contribution >= 0.6 is 0 Å². The van der Waals surface area contributed by atoms with Crippen molar-refractivity contribution in [2.75, 3.05) is 18.0 Å². The summed E-state index contributed by atoms with van der Waals surface area (Å²) in [4.78, 5) is 15.3. The molecule has 190 valence electrons. The molecule has 0 radical (unpaired) electrons. The van der Waals surface area contributed by atoms with Crippen molar-refractivity contribution in [3.8, 4) is 11.5 Å². The first kappa shape index (κ1) is 24.3. The highest BCUT2D eigenvalue weighted by molar-refractivity contribution is 5.68. The van der Waals surface area contributed by atoms with E-state index in [2.05, 4.69) is 37.9 Å². The predicted molar refractivity (Wildman–Crippen MR) is 139 cm³/mol. The number of hydrogen-bond acceptors (Lipinski definition) is 7. The first-order chi connectivity index (χ1) is 17.7. The van der Waals surface area contributed by atoms with Crippen LogP contribution in [0.25, 0.3) is 11.5 Å². The number of hydrogen-bond donors (Lipinski definition) is 2. The summed E-state index contributed by atoms with van der Waals surface area (Å²) in [6.45, 7) is 4.06. The van der Waals surface area contributed by atoms with Crippen LogP contribution in [0.15, 0.2) is 59.0 Å². The Morgan fingerprint density at radius 1 is 1.06 bits per heavy atom. The van der Waals surface area contributed by atoms with Gasteiger partial charge in [0.1, 0.15) is 6.61 Å². The number of amides is 1. The van der Waals surface area contributed by atoms with E-state index in [0.29, 0.717) is 17.8 Å². The van der Waals surface area contributed by atoms with Gasteiger partial charge in [-0.25, -0.2) is 4.79 Å². The van der Waals surface area contributed by atoms with Gasteiger partial charge in [0.15, 0.2) is 0 Å². The molecule has 2 heterocycles. The lowest BCUT2D eigenvalue weighted by atomic mass is 9.87. The molecule has 36 heavy (non-hydrogen) atoms. The molecule has 0 bridgehead atoms. The first-order valence-corrected chi connectivity index (χ1v) is 13.0.